The fourth-order valence-electron chi connectivity index (χ4n) is 4.08. The topological polar surface area (TPSA) is 111 Å². The van der Waals surface area contributed by atoms with E-state index in [1.807, 2.05) is 24.3 Å². The van der Waals surface area contributed by atoms with Gasteiger partial charge in [-0.05, 0) is 68.2 Å². The summed E-state index contributed by atoms with van der Waals surface area (Å²) in [5.41, 5.74) is 8.04. The van der Waals surface area contributed by atoms with Gasteiger partial charge < -0.3 is 25.0 Å². The van der Waals surface area contributed by atoms with Crippen molar-refractivity contribution in [3.63, 3.8) is 0 Å². The van der Waals surface area contributed by atoms with Crippen molar-refractivity contribution in [2.24, 2.45) is 5.73 Å². The van der Waals surface area contributed by atoms with Crippen molar-refractivity contribution in [2.45, 2.75) is 56.6 Å². The monoisotopic (exact) mass is 449 g/mol. The van der Waals surface area contributed by atoms with Gasteiger partial charge in [0.25, 0.3) is 0 Å². The zero-order chi connectivity index (χ0) is 22.5. The first kappa shape index (κ1) is 23.8. The van der Waals surface area contributed by atoms with Gasteiger partial charge in [0.05, 0.1) is 19.8 Å². The van der Waals surface area contributed by atoms with Crippen LogP contribution in [0.3, 0.4) is 0 Å². The summed E-state index contributed by atoms with van der Waals surface area (Å²) < 4.78 is 26.8. The van der Waals surface area contributed by atoms with Crippen LogP contribution in [0, 0.1) is 0 Å². The van der Waals surface area contributed by atoms with E-state index in [0.717, 1.165) is 30.8 Å². The van der Waals surface area contributed by atoms with E-state index >= 15 is 0 Å². The van der Waals surface area contributed by atoms with Crippen LogP contribution in [0.1, 0.15) is 49.7 Å². The third kappa shape index (κ3) is 7.34. The fourth-order valence-corrected chi connectivity index (χ4v) is 4.50. The van der Waals surface area contributed by atoms with Crippen molar-refractivity contribution in [3.8, 4) is 11.5 Å². The number of ether oxygens (including phenoxy) is 2. The van der Waals surface area contributed by atoms with E-state index in [0.29, 0.717) is 12.8 Å². The minimum Gasteiger partial charge on any atom is -0.497 e. The molecular weight excluding hydrogens is 417 g/mol. The van der Waals surface area contributed by atoms with Gasteiger partial charge in [0, 0.05) is 11.6 Å². The maximum atomic E-state index is 11.0. The van der Waals surface area contributed by atoms with Crippen LogP contribution in [0.25, 0.3) is 0 Å². The van der Waals surface area contributed by atoms with Crippen LogP contribution < -0.4 is 15.2 Å². The van der Waals surface area contributed by atoms with Gasteiger partial charge in [-0.1, -0.05) is 30.3 Å². The molecule has 7 nitrogen and oxygen atoms in total. The van der Waals surface area contributed by atoms with E-state index in [1.165, 1.54) is 11.1 Å². The van der Waals surface area contributed by atoms with Gasteiger partial charge in [-0.2, -0.15) is 0 Å². The van der Waals surface area contributed by atoms with Crippen molar-refractivity contribution in [3.05, 3.63) is 59.7 Å². The van der Waals surface area contributed by atoms with Gasteiger partial charge in [-0.15, -0.1) is 0 Å². The van der Waals surface area contributed by atoms with Gasteiger partial charge in [0.15, 0.2) is 0 Å². The summed E-state index contributed by atoms with van der Waals surface area (Å²) in [5.74, 6) is 1.85. The largest absolute Gasteiger partial charge is 0.497 e. The lowest BCUT2D eigenvalue weighted by molar-refractivity contribution is 0.153. The van der Waals surface area contributed by atoms with Crippen LogP contribution in [0.2, 0.25) is 0 Å². The number of benzene rings is 2. The average molecular weight is 449 g/mol. The number of hydrogen-bond donors (Lipinski definition) is 3. The Hall–Kier alpha value is -1.89. The number of hydrogen-bond acceptors (Lipinski definition) is 5. The van der Waals surface area contributed by atoms with Gasteiger partial charge in [0.2, 0.25) is 0 Å². The molecule has 31 heavy (non-hydrogen) atoms. The molecule has 0 bridgehead atoms. The summed E-state index contributed by atoms with van der Waals surface area (Å²) in [4.78, 5) is 17.8. The molecule has 0 saturated heterocycles. The lowest BCUT2D eigenvalue weighted by Gasteiger charge is -2.24. The molecule has 3 atom stereocenters. The molecule has 1 aliphatic carbocycles. The van der Waals surface area contributed by atoms with Gasteiger partial charge in [0.1, 0.15) is 11.5 Å². The quantitative estimate of drug-likeness (QED) is 0.467. The summed E-state index contributed by atoms with van der Waals surface area (Å²) >= 11 is 0. The summed E-state index contributed by atoms with van der Waals surface area (Å²) in [6.07, 6.45) is 4.09. The first-order valence-corrected chi connectivity index (χ1v) is 12.1. The molecule has 3 rings (SSSR count). The Labute approximate surface area is 183 Å². The third-order valence-electron chi connectivity index (χ3n) is 5.83. The number of phosphoric acid groups is 1. The molecule has 0 radical (unpaired) electrons. The molecule has 2 aromatic carbocycles. The minimum absolute atomic E-state index is 0.0773. The van der Waals surface area contributed by atoms with Crippen LogP contribution in [0.4, 0.5) is 0 Å². The normalized spacial score (nSPS) is 22.3. The van der Waals surface area contributed by atoms with Gasteiger partial charge >= 0.3 is 7.82 Å². The predicted molar refractivity (Wildman–Crippen MR) is 119 cm³/mol. The number of aryl methyl sites for hydroxylation is 1. The molecule has 8 heteroatoms. The predicted octanol–water partition coefficient (Wildman–Crippen LogP) is 4.17. The second-order valence-corrected chi connectivity index (χ2v) is 9.69. The Kier molecular flexibility index (Phi) is 7.78. The Morgan fingerprint density at radius 2 is 1.90 bits per heavy atom. The minimum atomic E-state index is -4.50. The smallest absolute Gasteiger partial charge is 0.469 e. The van der Waals surface area contributed by atoms with Crippen LogP contribution in [-0.4, -0.2) is 35.1 Å². The van der Waals surface area contributed by atoms with Crippen LogP contribution >= 0.6 is 7.82 Å². The first-order valence-electron chi connectivity index (χ1n) is 10.5. The fraction of sp³-hybridized carbons (Fsp3) is 0.478. The van der Waals surface area contributed by atoms with E-state index < -0.39 is 13.4 Å². The van der Waals surface area contributed by atoms with E-state index in [-0.39, 0.29) is 18.6 Å². The lowest BCUT2D eigenvalue weighted by atomic mass is 9.92. The number of methoxy groups -OCH3 is 1. The van der Waals surface area contributed by atoms with Gasteiger partial charge in [-0.3, -0.25) is 4.52 Å². The molecule has 1 saturated carbocycles. The molecule has 0 aliphatic heterocycles. The van der Waals surface area contributed by atoms with Gasteiger partial charge in [-0.25, -0.2) is 4.57 Å². The van der Waals surface area contributed by atoms with Crippen molar-refractivity contribution in [1.29, 1.82) is 0 Å². The molecule has 170 valence electrons. The third-order valence-corrected chi connectivity index (χ3v) is 6.30. The molecular formula is C23H32NO6P. The molecule has 1 aliphatic rings. The standard InChI is InChI=1S/C23H32NO6P/c1-17(30-22-5-3-4-21(14-22)28-2)6-7-18-8-10-19(11-9-18)20-12-13-23(24,15-20)16-29-31(25,26)27/h3-5,8-11,14,17,20H,6-7,12-13,15-16,24H2,1-2H3,(H2,25,26,27). The van der Waals surface area contributed by atoms with E-state index in [1.54, 1.807) is 7.11 Å². The molecule has 1 fully saturated rings. The summed E-state index contributed by atoms with van der Waals surface area (Å²) in [7, 11) is -2.86. The number of rotatable bonds is 10. The Balaban J connectivity index is 1.48. The van der Waals surface area contributed by atoms with E-state index in [2.05, 4.69) is 35.7 Å². The van der Waals surface area contributed by atoms with Crippen molar-refractivity contribution in [2.75, 3.05) is 13.7 Å². The summed E-state index contributed by atoms with van der Waals surface area (Å²) in [6, 6.07) is 16.1. The molecule has 4 N–H and O–H groups in total. The SMILES string of the molecule is COc1cccc(OC(C)CCc2ccc(C3CCC(N)(COP(=O)(O)O)C3)cc2)c1. The summed E-state index contributed by atoms with van der Waals surface area (Å²) in [5, 5.41) is 0. The van der Waals surface area contributed by atoms with E-state index in [4.69, 9.17) is 25.0 Å². The first-order chi connectivity index (χ1) is 14.7. The Morgan fingerprint density at radius 3 is 2.58 bits per heavy atom. The van der Waals surface area contributed by atoms with Crippen molar-refractivity contribution in [1.82, 2.24) is 0 Å². The Morgan fingerprint density at radius 1 is 1.19 bits per heavy atom. The second kappa shape index (κ2) is 10.2. The highest BCUT2D eigenvalue weighted by molar-refractivity contribution is 7.46. The number of nitrogens with two attached hydrogens (primary N) is 1. The number of phosphoric ester groups is 1. The maximum Gasteiger partial charge on any atom is 0.469 e. The maximum absolute atomic E-state index is 11.0. The van der Waals surface area contributed by atoms with Crippen LogP contribution in [0.5, 0.6) is 11.5 Å². The molecule has 3 unspecified atom stereocenters. The zero-order valence-electron chi connectivity index (χ0n) is 18.1. The van der Waals surface area contributed by atoms with E-state index in [9.17, 15) is 4.57 Å². The summed E-state index contributed by atoms with van der Waals surface area (Å²) in [6.45, 7) is 1.93. The molecule has 2 aromatic rings. The van der Waals surface area contributed by atoms with Crippen molar-refractivity contribution >= 4 is 7.82 Å². The highest BCUT2D eigenvalue weighted by Crippen LogP contribution is 2.43. The van der Waals surface area contributed by atoms with Crippen molar-refractivity contribution < 1.29 is 28.3 Å². The molecule has 0 aromatic heterocycles. The molecule has 0 heterocycles. The highest BCUT2D eigenvalue weighted by atomic mass is 31.2. The van der Waals surface area contributed by atoms with Crippen LogP contribution in [-0.2, 0) is 15.5 Å². The second-order valence-electron chi connectivity index (χ2n) is 8.45. The lowest BCUT2D eigenvalue weighted by Crippen LogP contribution is -2.41. The highest BCUT2D eigenvalue weighted by Gasteiger charge is 2.38. The van der Waals surface area contributed by atoms with Crippen LogP contribution in [0.15, 0.2) is 48.5 Å². The average Bonchev–Trinajstić information content (AvgIpc) is 3.13. The zero-order valence-corrected chi connectivity index (χ0v) is 19.0. The molecule has 0 spiro atoms. The Bertz CT molecular complexity index is 899. The molecule has 0 amide bonds.